The van der Waals surface area contributed by atoms with E-state index in [1.54, 1.807) is 18.2 Å². The summed E-state index contributed by atoms with van der Waals surface area (Å²) in [4.78, 5) is 14.2. The molecule has 0 radical (unpaired) electrons. The first-order valence-corrected chi connectivity index (χ1v) is 7.54. The number of hydrogen-bond acceptors (Lipinski definition) is 3. The van der Waals surface area contributed by atoms with Crippen LogP contribution in [0.2, 0.25) is 0 Å². The second kappa shape index (κ2) is 7.13. The highest BCUT2D eigenvalue weighted by molar-refractivity contribution is 9.10. The average Bonchev–Trinajstić information content (AvgIpc) is 2.48. The van der Waals surface area contributed by atoms with Crippen molar-refractivity contribution < 1.29 is 4.79 Å². The van der Waals surface area contributed by atoms with Gasteiger partial charge in [0, 0.05) is 22.4 Å². The van der Waals surface area contributed by atoms with Gasteiger partial charge in [-0.05, 0) is 53.2 Å². The Balaban J connectivity index is 2.03. The Hall–Kier alpha value is -2.01. The topological polar surface area (TPSA) is 58.4 Å². The highest BCUT2D eigenvalue weighted by atomic mass is 79.9. The number of halogens is 1. The number of nitrogens with one attached hydrogen (secondary N) is 1. The highest BCUT2D eigenvalue weighted by Crippen LogP contribution is 2.24. The molecule has 0 heterocycles. The monoisotopic (exact) mass is 347 g/mol. The lowest BCUT2D eigenvalue weighted by molar-refractivity contribution is -0.115. The van der Waals surface area contributed by atoms with Crippen LogP contribution in [-0.4, -0.2) is 19.0 Å². The minimum atomic E-state index is -0.0637. The van der Waals surface area contributed by atoms with Crippen LogP contribution < -0.4 is 16.0 Å². The molecule has 0 spiro atoms. The number of amides is 1. The summed E-state index contributed by atoms with van der Waals surface area (Å²) in [5.74, 6) is -0.0637. The molecule has 0 aliphatic carbocycles. The van der Waals surface area contributed by atoms with Crippen LogP contribution in [0.1, 0.15) is 6.92 Å². The van der Waals surface area contributed by atoms with Gasteiger partial charge in [0.2, 0.25) is 5.91 Å². The molecule has 3 N–H and O–H groups in total. The summed E-state index contributed by atoms with van der Waals surface area (Å²) in [7, 11) is 0. The summed E-state index contributed by atoms with van der Waals surface area (Å²) in [6.07, 6.45) is 0. The first kappa shape index (κ1) is 15.4. The summed E-state index contributed by atoms with van der Waals surface area (Å²) in [5.41, 5.74) is 8.09. The van der Waals surface area contributed by atoms with Crippen molar-refractivity contribution in [3.8, 4) is 0 Å². The molecular weight excluding hydrogens is 330 g/mol. The molecule has 1 amide bonds. The van der Waals surface area contributed by atoms with Crippen LogP contribution >= 0.6 is 15.9 Å². The molecule has 0 bridgehead atoms. The van der Waals surface area contributed by atoms with Gasteiger partial charge in [-0.25, -0.2) is 0 Å². The number of anilines is 3. The number of nitrogens with zero attached hydrogens (tertiary/aromatic N) is 1. The van der Waals surface area contributed by atoms with Gasteiger partial charge in [-0.15, -0.1) is 0 Å². The molecule has 0 saturated heterocycles. The van der Waals surface area contributed by atoms with Crippen molar-refractivity contribution in [3.05, 3.63) is 53.0 Å². The number of carbonyl (C=O) groups is 1. The fourth-order valence-electron chi connectivity index (χ4n) is 2.02. The number of para-hydroxylation sites is 1. The Bertz CT molecular complexity index is 616. The lowest BCUT2D eigenvalue weighted by Crippen LogP contribution is -2.33. The number of benzene rings is 2. The second-order valence-electron chi connectivity index (χ2n) is 4.64. The predicted molar refractivity (Wildman–Crippen MR) is 91.5 cm³/mol. The van der Waals surface area contributed by atoms with Crippen molar-refractivity contribution in [1.29, 1.82) is 0 Å². The molecule has 0 aliphatic rings. The zero-order valence-electron chi connectivity index (χ0n) is 11.8. The van der Waals surface area contributed by atoms with E-state index in [0.29, 0.717) is 12.2 Å². The van der Waals surface area contributed by atoms with Crippen molar-refractivity contribution in [2.75, 3.05) is 29.0 Å². The van der Waals surface area contributed by atoms with Crippen LogP contribution in [-0.2, 0) is 4.79 Å². The fourth-order valence-corrected chi connectivity index (χ4v) is 2.52. The van der Waals surface area contributed by atoms with E-state index in [1.165, 1.54) is 0 Å². The van der Waals surface area contributed by atoms with Crippen molar-refractivity contribution in [2.45, 2.75) is 6.92 Å². The summed E-state index contributed by atoms with van der Waals surface area (Å²) in [5, 5.41) is 2.89. The van der Waals surface area contributed by atoms with Crippen LogP contribution in [0.5, 0.6) is 0 Å². The van der Waals surface area contributed by atoms with Crippen LogP contribution in [0, 0.1) is 0 Å². The first-order valence-electron chi connectivity index (χ1n) is 6.75. The van der Waals surface area contributed by atoms with Crippen LogP contribution in [0.4, 0.5) is 17.1 Å². The molecule has 0 unspecified atom stereocenters. The Morgan fingerprint density at radius 1 is 1.24 bits per heavy atom. The number of nitrogen functional groups attached to an aromatic ring is 1. The average molecular weight is 348 g/mol. The van der Waals surface area contributed by atoms with Crippen molar-refractivity contribution in [2.24, 2.45) is 0 Å². The minimum Gasteiger partial charge on any atom is -0.399 e. The Kier molecular flexibility index (Phi) is 5.22. The van der Waals surface area contributed by atoms with E-state index < -0.39 is 0 Å². The van der Waals surface area contributed by atoms with Crippen LogP contribution in [0.3, 0.4) is 0 Å². The lowest BCUT2D eigenvalue weighted by atomic mass is 10.2. The molecule has 21 heavy (non-hydrogen) atoms. The van der Waals surface area contributed by atoms with E-state index in [9.17, 15) is 4.79 Å². The Morgan fingerprint density at radius 3 is 2.57 bits per heavy atom. The maximum absolute atomic E-state index is 12.2. The summed E-state index contributed by atoms with van der Waals surface area (Å²) >= 11 is 3.40. The van der Waals surface area contributed by atoms with Crippen molar-refractivity contribution >= 4 is 38.9 Å². The number of likely N-dealkylation sites (N-methyl/N-ethyl adjacent to an activating group) is 1. The van der Waals surface area contributed by atoms with Gasteiger partial charge < -0.3 is 16.0 Å². The molecular formula is C16H18BrN3O. The number of hydrogen-bond donors (Lipinski definition) is 2. The SMILES string of the molecule is CCN(CC(=O)Nc1ccc(N)cc1Br)c1ccccc1. The minimum absolute atomic E-state index is 0.0637. The normalized spacial score (nSPS) is 10.2. The summed E-state index contributed by atoms with van der Waals surface area (Å²) < 4.78 is 0.776. The van der Waals surface area contributed by atoms with Crippen molar-refractivity contribution in [3.63, 3.8) is 0 Å². The number of rotatable bonds is 5. The maximum atomic E-state index is 12.2. The lowest BCUT2D eigenvalue weighted by Gasteiger charge is -2.22. The molecule has 0 saturated carbocycles. The van der Waals surface area contributed by atoms with Gasteiger partial charge in [-0.3, -0.25) is 4.79 Å². The van der Waals surface area contributed by atoms with E-state index in [-0.39, 0.29) is 5.91 Å². The fraction of sp³-hybridized carbons (Fsp3) is 0.188. The van der Waals surface area contributed by atoms with Gasteiger partial charge in [0.1, 0.15) is 0 Å². The molecule has 110 valence electrons. The van der Waals surface area contributed by atoms with E-state index in [2.05, 4.69) is 21.2 Å². The van der Waals surface area contributed by atoms with E-state index in [4.69, 9.17) is 5.73 Å². The Morgan fingerprint density at radius 2 is 1.95 bits per heavy atom. The Labute approximate surface area is 133 Å². The predicted octanol–water partition coefficient (Wildman–Crippen LogP) is 3.50. The number of carbonyl (C=O) groups excluding carboxylic acids is 1. The largest absolute Gasteiger partial charge is 0.399 e. The molecule has 2 aromatic carbocycles. The zero-order valence-corrected chi connectivity index (χ0v) is 13.4. The van der Waals surface area contributed by atoms with Gasteiger partial charge in [0.05, 0.1) is 12.2 Å². The molecule has 4 nitrogen and oxygen atoms in total. The quantitative estimate of drug-likeness (QED) is 0.813. The van der Waals surface area contributed by atoms with E-state index >= 15 is 0 Å². The highest BCUT2D eigenvalue weighted by Gasteiger charge is 2.11. The molecule has 2 rings (SSSR count). The first-order chi connectivity index (χ1) is 10.1. The van der Waals surface area contributed by atoms with Gasteiger partial charge in [-0.1, -0.05) is 18.2 Å². The smallest absolute Gasteiger partial charge is 0.243 e. The molecule has 0 aliphatic heterocycles. The molecule has 0 fully saturated rings. The molecule has 2 aromatic rings. The van der Waals surface area contributed by atoms with Crippen LogP contribution in [0.15, 0.2) is 53.0 Å². The second-order valence-corrected chi connectivity index (χ2v) is 5.49. The van der Waals surface area contributed by atoms with Crippen molar-refractivity contribution in [1.82, 2.24) is 0 Å². The van der Waals surface area contributed by atoms with E-state index in [0.717, 1.165) is 22.4 Å². The van der Waals surface area contributed by atoms with E-state index in [1.807, 2.05) is 42.2 Å². The standard InChI is InChI=1S/C16H18BrN3O/c1-2-20(13-6-4-3-5-7-13)11-16(21)19-15-9-8-12(18)10-14(15)17/h3-10H,2,11,18H2,1H3,(H,19,21). The third kappa shape index (κ3) is 4.23. The third-order valence-corrected chi connectivity index (χ3v) is 3.76. The maximum Gasteiger partial charge on any atom is 0.243 e. The molecule has 0 aromatic heterocycles. The van der Waals surface area contributed by atoms with Crippen LogP contribution in [0.25, 0.3) is 0 Å². The zero-order chi connectivity index (χ0) is 15.2. The molecule has 5 heteroatoms. The summed E-state index contributed by atoms with van der Waals surface area (Å²) in [6, 6.07) is 15.2. The van der Waals surface area contributed by atoms with Gasteiger partial charge >= 0.3 is 0 Å². The summed E-state index contributed by atoms with van der Waals surface area (Å²) in [6.45, 7) is 3.09. The van der Waals surface area contributed by atoms with Gasteiger partial charge in [-0.2, -0.15) is 0 Å². The number of nitrogens with two attached hydrogens (primary N) is 1. The molecule has 0 atom stereocenters. The van der Waals surface area contributed by atoms with Gasteiger partial charge in [0.25, 0.3) is 0 Å². The third-order valence-electron chi connectivity index (χ3n) is 3.10. The van der Waals surface area contributed by atoms with Gasteiger partial charge in [0.15, 0.2) is 0 Å².